The third-order valence-electron chi connectivity index (χ3n) is 6.30. The summed E-state index contributed by atoms with van der Waals surface area (Å²) in [6.07, 6.45) is -3.56. The van der Waals surface area contributed by atoms with E-state index in [0.29, 0.717) is 16.9 Å². The summed E-state index contributed by atoms with van der Waals surface area (Å²) in [5.74, 6) is -0.570. The number of aliphatic hydroxyl groups is 3. The molecule has 0 bridgehead atoms. The number of hydrogen-bond donors (Lipinski definition) is 5. The van der Waals surface area contributed by atoms with Gasteiger partial charge in [-0.15, -0.1) is 0 Å². The van der Waals surface area contributed by atoms with Crippen LogP contribution in [0, 0.1) is 0 Å². The molecular formula is C26H26O10. The van der Waals surface area contributed by atoms with Gasteiger partial charge in [-0.25, -0.2) is 0 Å². The van der Waals surface area contributed by atoms with E-state index in [1.54, 1.807) is 12.2 Å². The fraction of sp³-hybridized carbons (Fsp3) is 0.346. The number of phenols is 2. The zero-order valence-electron chi connectivity index (χ0n) is 19.7. The Labute approximate surface area is 205 Å². The Bertz CT molecular complexity index is 1410. The quantitative estimate of drug-likeness (QED) is 0.363. The maximum absolute atomic E-state index is 13.7. The standard InChI is InChI=1S/C26H26O10/c1-11-18(29)20(31)21(32)25(33-11)35-24-19(30)17-15(28)10-16-14(8-9-26(2,3)36-16)23(17)34-22(24)12-4-6-13(27)7-5-12/h4-11,18,20-21,25,27-29,31-32H,1-3H3/t11-,18-,20+,21+,25-/m0/s1. The van der Waals surface area contributed by atoms with Gasteiger partial charge in [0.15, 0.2) is 11.3 Å². The maximum atomic E-state index is 13.7. The lowest BCUT2D eigenvalue weighted by atomic mass is 9.99. The Kier molecular flexibility index (Phi) is 5.72. The molecule has 0 radical (unpaired) electrons. The van der Waals surface area contributed by atoms with E-state index in [2.05, 4.69) is 0 Å². The van der Waals surface area contributed by atoms with Crippen molar-refractivity contribution in [3.05, 3.63) is 52.2 Å². The second kappa shape index (κ2) is 8.52. The molecule has 2 aromatic carbocycles. The summed E-state index contributed by atoms with van der Waals surface area (Å²) in [6, 6.07) is 7.09. The van der Waals surface area contributed by atoms with Gasteiger partial charge >= 0.3 is 0 Å². The number of hydrogen-bond acceptors (Lipinski definition) is 10. The summed E-state index contributed by atoms with van der Waals surface area (Å²) in [4.78, 5) is 13.7. The smallest absolute Gasteiger partial charge is 0.239 e. The molecule has 2 aliphatic rings. The summed E-state index contributed by atoms with van der Waals surface area (Å²) in [7, 11) is 0. The second-order valence-electron chi connectivity index (χ2n) is 9.49. The molecule has 10 nitrogen and oxygen atoms in total. The highest BCUT2D eigenvalue weighted by atomic mass is 16.7. The molecule has 36 heavy (non-hydrogen) atoms. The monoisotopic (exact) mass is 498 g/mol. The molecular weight excluding hydrogens is 472 g/mol. The van der Waals surface area contributed by atoms with Crippen LogP contribution in [0.25, 0.3) is 28.4 Å². The second-order valence-corrected chi connectivity index (χ2v) is 9.49. The Morgan fingerprint density at radius 2 is 1.69 bits per heavy atom. The molecule has 0 unspecified atom stereocenters. The van der Waals surface area contributed by atoms with E-state index in [-0.39, 0.29) is 22.5 Å². The van der Waals surface area contributed by atoms with Crippen molar-refractivity contribution < 1.29 is 44.2 Å². The normalized spacial score (nSPS) is 26.9. The highest BCUT2D eigenvalue weighted by Gasteiger charge is 2.44. The van der Waals surface area contributed by atoms with E-state index in [1.165, 1.54) is 37.3 Å². The van der Waals surface area contributed by atoms with Crippen molar-refractivity contribution in [2.45, 2.75) is 57.1 Å². The minimum atomic E-state index is -1.69. The minimum absolute atomic E-state index is 0.0186. The average molecular weight is 498 g/mol. The van der Waals surface area contributed by atoms with E-state index in [9.17, 15) is 30.3 Å². The summed E-state index contributed by atoms with van der Waals surface area (Å²) in [6.45, 7) is 5.15. The van der Waals surface area contributed by atoms with Crippen LogP contribution in [0.2, 0.25) is 0 Å². The van der Waals surface area contributed by atoms with Crippen LogP contribution >= 0.6 is 0 Å². The number of rotatable bonds is 3. The lowest BCUT2D eigenvalue weighted by Crippen LogP contribution is -2.58. The van der Waals surface area contributed by atoms with E-state index < -0.39 is 53.2 Å². The highest BCUT2D eigenvalue weighted by molar-refractivity contribution is 5.95. The zero-order chi connectivity index (χ0) is 25.9. The molecule has 1 fully saturated rings. The predicted octanol–water partition coefficient (Wildman–Crippen LogP) is 2.26. The largest absolute Gasteiger partial charge is 0.508 e. The van der Waals surface area contributed by atoms with Crippen LogP contribution < -0.4 is 14.9 Å². The SMILES string of the molecule is C[C@@H]1O[C@@H](Oc2c(-c3ccc(O)cc3)oc3c4c(cc(O)c3c2=O)OC(C)(C)C=C4)[C@H](O)[C@H](O)[C@H]1O. The van der Waals surface area contributed by atoms with Gasteiger partial charge in [-0.05, 0) is 57.2 Å². The van der Waals surface area contributed by atoms with Gasteiger partial charge in [0.1, 0.15) is 46.5 Å². The minimum Gasteiger partial charge on any atom is -0.508 e. The summed E-state index contributed by atoms with van der Waals surface area (Å²) < 4.78 is 23.4. The zero-order valence-corrected chi connectivity index (χ0v) is 19.7. The Morgan fingerprint density at radius 1 is 1.00 bits per heavy atom. The molecule has 3 aromatic rings. The Hall–Kier alpha value is -3.57. The summed E-state index contributed by atoms with van der Waals surface area (Å²) in [5, 5.41) is 51.0. The van der Waals surface area contributed by atoms with Crippen molar-refractivity contribution in [2.24, 2.45) is 0 Å². The Morgan fingerprint density at radius 3 is 2.39 bits per heavy atom. The first-order chi connectivity index (χ1) is 17.0. The Balaban J connectivity index is 1.73. The third-order valence-corrected chi connectivity index (χ3v) is 6.30. The molecule has 5 atom stereocenters. The molecule has 2 aliphatic heterocycles. The van der Waals surface area contributed by atoms with Crippen LogP contribution in [0.3, 0.4) is 0 Å². The maximum Gasteiger partial charge on any atom is 0.239 e. The van der Waals surface area contributed by atoms with Crippen LogP contribution in [0.1, 0.15) is 26.3 Å². The molecule has 0 spiro atoms. The molecule has 0 amide bonds. The van der Waals surface area contributed by atoms with Crippen LogP contribution in [0.15, 0.2) is 45.6 Å². The number of aliphatic hydroxyl groups excluding tert-OH is 3. The molecule has 1 saturated heterocycles. The van der Waals surface area contributed by atoms with Crippen molar-refractivity contribution >= 4 is 17.0 Å². The van der Waals surface area contributed by atoms with Crippen molar-refractivity contribution in [3.63, 3.8) is 0 Å². The van der Waals surface area contributed by atoms with Gasteiger partial charge in [-0.3, -0.25) is 4.79 Å². The van der Waals surface area contributed by atoms with E-state index in [1.807, 2.05) is 13.8 Å². The number of aromatic hydroxyl groups is 2. The third kappa shape index (κ3) is 3.97. The molecule has 190 valence electrons. The van der Waals surface area contributed by atoms with Crippen molar-refractivity contribution in [1.82, 2.24) is 0 Å². The lowest BCUT2D eigenvalue weighted by Gasteiger charge is -2.38. The molecule has 3 heterocycles. The molecule has 10 heteroatoms. The van der Waals surface area contributed by atoms with E-state index >= 15 is 0 Å². The topological polar surface area (TPSA) is 159 Å². The fourth-order valence-electron chi connectivity index (χ4n) is 4.31. The van der Waals surface area contributed by atoms with Crippen molar-refractivity contribution in [1.29, 1.82) is 0 Å². The van der Waals surface area contributed by atoms with Crippen LogP contribution in [-0.2, 0) is 4.74 Å². The fourth-order valence-corrected chi connectivity index (χ4v) is 4.31. The van der Waals surface area contributed by atoms with Gasteiger partial charge in [-0.2, -0.15) is 0 Å². The first-order valence-electron chi connectivity index (χ1n) is 11.4. The highest BCUT2D eigenvalue weighted by Crippen LogP contribution is 2.43. The average Bonchev–Trinajstić information content (AvgIpc) is 2.82. The lowest BCUT2D eigenvalue weighted by molar-refractivity contribution is -0.268. The van der Waals surface area contributed by atoms with Gasteiger partial charge in [-0.1, -0.05) is 0 Å². The van der Waals surface area contributed by atoms with Gasteiger partial charge in [0.2, 0.25) is 17.5 Å². The molecule has 0 aliphatic carbocycles. The van der Waals surface area contributed by atoms with Gasteiger partial charge in [0.25, 0.3) is 0 Å². The number of ether oxygens (including phenoxy) is 3. The molecule has 0 saturated carbocycles. The van der Waals surface area contributed by atoms with Gasteiger partial charge < -0.3 is 44.2 Å². The van der Waals surface area contributed by atoms with Crippen LogP contribution in [0.4, 0.5) is 0 Å². The first kappa shape index (κ1) is 24.1. The van der Waals surface area contributed by atoms with E-state index in [0.717, 1.165) is 0 Å². The van der Waals surface area contributed by atoms with Crippen molar-refractivity contribution in [3.8, 4) is 34.3 Å². The summed E-state index contributed by atoms with van der Waals surface area (Å²) >= 11 is 0. The number of phenolic OH excluding ortho intramolecular Hbond substituents is 2. The van der Waals surface area contributed by atoms with Crippen LogP contribution in [0.5, 0.6) is 23.0 Å². The van der Waals surface area contributed by atoms with Gasteiger partial charge in [0, 0.05) is 11.6 Å². The number of benzene rings is 2. The molecule has 5 rings (SSSR count). The predicted molar refractivity (Wildman–Crippen MR) is 128 cm³/mol. The first-order valence-corrected chi connectivity index (χ1v) is 11.4. The van der Waals surface area contributed by atoms with E-state index in [4.69, 9.17) is 18.6 Å². The van der Waals surface area contributed by atoms with Gasteiger partial charge in [0.05, 0.1) is 11.7 Å². The number of fused-ring (bicyclic) bond motifs is 3. The molecule has 1 aromatic heterocycles. The molecule has 5 N–H and O–H groups in total. The van der Waals surface area contributed by atoms with Crippen molar-refractivity contribution in [2.75, 3.05) is 0 Å². The van der Waals surface area contributed by atoms with Crippen LogP contribution in [-0.4, -0.2) is 61.8 Å². The summed E-state index contributed by atoms with van der Waals surface area (Å²) in [5.41, 5.74) is -0.578.